The average molecular weight is 330 g/mol. The van der Waals surface area contributed by atoms with E-state index in [4.69, 9.17) is 0 Å². The molecular formula is C20H18N4O. The highest BCUT2D eigenvalue weighted by Gasteiger charge is 2.17. The van der Waals surface area contributed by atoms with E-state index in [1.165, 1.54) is 11.1 Å². The van der Waals surface area contributed by atoms with Crippen LogP contribution >= 0.6 is 0 Å². The molecule has 2 aromatic carbocycles. The highest BCUT2D eigenvalue weighted by molar-refractivity contribution is 5.82. The molecule has 4 rings (SSSR count). The summed E-state index contributed by atoms with van der Waals surface area (Å²) in [5, 5.41) is 13.7. The van der Waals surface area contributed by atoms with Gasteiger partial charge < -0.3 is 10.4 Å². The van der Waals surface area contributed by atoms with Crippen LogP contribution in [0.15, 0.2) is 60.9 Å². The van der Waals surface area contributed by atoms with Gasteiger partial charge in [0.15, 0.2) is 0 Å². The van der Waals surface area contributed by atoms with Crippen LogP contribution in [0.2, 0.25) is 0 Å². The van der Waals surface area contributed by atoms with Crippen LogP contribution in [0.25, 0.3) is 17.0 Å². The summed E-state index contributed by atoms with van der Waals surface area (Å²) < 4.78 is 1.89. The molecule has 2 N–H and O–H groups in total. The Morgan fingerprint density at radius 3 is 2.52 bits per heavy atom. The Kier molecular flexibility index (Phi) is 3.61. The van der Waals surface area contributed by atoms with Crippen molar-refractivity contribution in [2.24, 2.45) is 0 Å². The number of aromatic nitrogens is 3. The summed E-state index contributed by atoms with van der Waals surface area (Å²) in [7, 11) is 0. The molecule has 2 heterocycles. The molecule has 0 amide bonds. The summed E-state index contributed by atoms with van der Waals surface area (Å²) in [6.07, 6.45) is 3.61. The highest BCUT2D eigenvalue weighted by atomic mass is 16.3. The molecule has 0 saturated carbocycles. The van der Waals surface area contributed by atoms with Crippen molar-refractivity contribution >= 4 is 17.3 Å². The van der Waals surface area contributed by atoms with Gasteiger partial charge in [0.25, 0.3) is 0 Å². The first-order chi connectivity index (χ1) is 12.1. The molecule has 4 aromatic rings. The van der Waals surface area contributed by atoms with Crippen molar-refractivity contribution in [3.63, 3.8) is 0 Å². The number of benzene rings is 2. The Morgan fingerprint density at radius 2 is 1.76 bits per heavy atom. The molecule has 5 nitrogen and oxygen atoms in total. The summed E-state index contributed by atoms with van der Waals surface area (Å²) in [6, 6.07) is 15.3. The number of phenols is 1. The van der Waals surface area contributed by atoms with Gasteiger partial charge in [0.05, 0.1) is 0 Å². The summed E-state index contributed by atoms with van der Waals surface area (Å²) in [5.74, 6) is 1.54. The van der Waals surface area contributed by atoms with E-state index in [0.717, 1.165) is 11.5 Å². The number of nitrogens with zero attached hydrogens (tertiary/aromatic N) is 3. The number of anilines is 2. The lowest BCUT2D eigenvalue weighted by atomic mass is 10.1. The monoisotopic (exact) mass is 330 g/mol. The number of hydrogen-bond acceptors (Lipinski definition) is 4. The van der Waals surface area contributed by atoms with E-state index < -0.39 is 0 Å². The SMILES string of the molecule is Cc1cc(C)cc(Nc2c(-c3ccccc3O)nc3ncccn23)c1. The minimum Gasteiger partial charge on any atom is -0.507 e. The third kappa shape index (κ3) is 2.80. The van der Waals surface area contributed by atoms with Gasteiger partial charge in [0, 0.05) is 23.6 Å². The number of hydrogen-bond donors (Lipinski definition) is 2. The maximum Gasteiger partial charge on any atom is 0.235 e. The Hall–Kier alpha value is -3.34. The van der Waals surface area contributed by atoms with E-state index in [2.05, 4.69) is 47.3 Å². The number of imidazole rings is 1. The first-order valence-corrected chi connectivity index (χ1v) is 8.08. The zero-order valence-electron chi connectivity index (χ0n) is 14.1. The summed E-state index contributed by atoms with van der Waals surface area (Å²) in [4.78, 5) is 8.94. The molecule has 124 valence electrons. The van der Waals surface area contributed by atoms with Crippen LogP contribution < -0.4 is 5.32 Å². The van der Waals surface area contributed by atoms with Gasteiger partial charge >= 0.3 is 0 Å². The second-order valence-electron chi connectivity index (χ2n) is 6.12. The molecule has 2 aromatic heterocycles. The normalized spacial score (nSPS) is 11.0. The molecule has 0 atom stereocenters. The third-order valence-corrected chi connectivity index (χ3v) is 4.05. The quantitative estimate of drug-likeness (QED) is 0.582. The van der Waals surface area contributed by atoms with E-state index in [-0.39, 0.29) is 5.75 Å². The smallest absolute Gasteiger partial charge is 0.235 e. The number of phenolic OH excluding ortho intramolecular Hbond substituents is 1. The van der Waals surface area contributed by atoms with Crippen molar-refractivity contribution in [1.29, 1.82) is 0 Å². The lowest BCUT2D eigenvalue weighted by Crippen LogP contribution is -1.98. The molecule has 0 aliphatic rings. The maximum absolute atomic E-state index is 10.3. The third-order valence-electron chi connectivity index (χ3n) is 4.05. The van der Waals surface area contributed by atoms with Crippen molar-refractivity contribution in [2.75, 3.05) is 5.32 Å². The molecule has 0 spiro atoms. The lowest BCUT2D eigenvalue weighted by molar-refractivity contribution is 0.477. The predicted octanol–water partition coefficient (Wildman–Crippen LogP) is 4.46. The standard InChI is InChI=1S/C20H18N4O/c1-13-10-14(2)12-15(11-13)22-19-18(16-6-3-4-7-17(16)25)23-20-21-8-5-9-24(19)20/h3-12,22,25H,1-2H3. The fraction of sp³-hybridized carbons (Fsp3) is 0.100. The van der Waals surface area contributed by atoms with Gasteiger partial charge in [-0.2, -0.15) is 0 Å². The Bertz CT molecular complexity index is 1050. The van der Waals surface area contributed by atoms with E-state index in [1.54, 1.807) is 18.3 Å². The van der Waals surface area contributed by atoms with Gasteiger partial charge in [-0.1, -0.05) is 18.2 Å². The van der Waals surface area contributed by atoms with Crippen molar-refractivity contribution < 1.29 is 5.11 Å². The van der Waals surface area contributed by atoms with Crippen molar-refractivity contribution in [2.45, 2.75) is 13.8 Å². The fourth-order valence-electron chi connectivity index (χ4n) is 3.05. The first-order valence-electron chi connectivity index (χ1n) is 8.08. The van der Waals surface area contributed by atoms with Crippen LogP contribution in [0.3, 0.4) is 0 Å². The number of rotatable bonds is 3. The molecule has 0 radical (unpaired) electrons. The Labute approximate surface area is 145 Å². The Morgan fingerprint density at radius 1 is 1.00 bits per heavy atom. The lowest BCUT2D eigenvalue weighted by Gasteiger charge is -2.11. The fourth-order valence-corrected chi connectivity index (χ4v) is 3.05. The number of para-hydroxylation sites is 1. The molecule has 0 bridgehead atoms. The summed E-state index contributed by atoms with van der Waals surface area (Å²) in [5.41, 5.74) is 4.66. The van der Waals surface area contributed by atoms with Gasteiger partial charge in [-0.3, -0.25) is 4.40 Å². The van der Waals surface area contributed by atoms with Crippen LogP contribution in [-0.4, -0.2) is 19.5 Å². The topological polar surface area (TPSA) is 62.5 Å². The highest BCUT2D eigenvalue weighted by Crippen LogP contribution is 2.35. The summed E-state index contributed by atoms with van der Waals surface area (Å²) in [6.45, 7) is 4.14. The number of fused-ring (bicyclic) bond motifs is 1. The molecule has 0 aliphatic heterocycles. The van der Waals surface area contributed by atoms with Gasteiger partial charge in [-0.25, -0.2) is 9.97 Å². The van der Waals surface area contributed by atoms with E-state index in [1.807, 2.05) is 28.8 Å². The van der Waals surface area contributed by atoms with Crippen molar-refractivity contribution in [1.82, 2.24) is 14.4 Å². The second kappa shape index (κ2) is 5.94. The zero-order chi connectivity index (χ0) is 17.4. The van der Waals surface area contributed by atoms with E-state index >= 15 is 0 Å². The molecule has 0 unspecified atom stereocenters. The minimum absolute atomic E-state index is 0.189. The molecular weight excluding hydrogens is 312 g/mol. The van der Waals surface area contributed by atoms with Gasteiger partial charge in [-0.05, 0) is 55.3 Å². The van der Waals surface area contributed by atoms with E-state index in [0.29, 0.717) is 17.0 Å². The Balaban J connectivity index is 1.92. The minimum atomic E-state index is 0.189. The van der Waals surface area contributed by atoms with Crippen LogP contribution in [0.4, 0.5) is 11.5 Å². The molecule has 0 saturated heterocycles. The van der Waals surface area contributed by atoms with Gasteiger partial charge in [0.2, 0.25) is 5.78 Å². The number of nitrogens with one attached hydrogen (secondary N) is 1. The van der Waals surface area contributed by atoms with Gasteiger partial charge in [-0.15, -0.1) is 0 Å². The van der Waals surface area contributed by atoms with Gasteiger partial charge in [0.1, 0.15) is 17.3 Å². The first kappa shape index (κ1) is 15.2. The molecule has 25 heavy (non-hydrogen) atoms. The van der Waals surface area contributed by atoms with Crippen LogP contribution in [0, 0.1) is 13.8 Å². The zero-order valence-corrected chi connectivity index (χ0v) is 14.1. The molecule has 0 aliphatic carbocycles. The largest absolute Gasteiger partial charge is 0.507 e. The summed E-state index contributed by atoms with van der Waals surface area (Å²) >= 11 is 0. The number of aromatic hydroxyl groups is 1. The molecule has 5 heteroatoms. The van der Waals surface area contributed by atoms with Crippen LogP contribution in [0.1, 0.15) is 11.1 Å². The number of aryl methyl sites for hydroxylation is 2. The maximum atomic E-state index is 10.3. The van der Waals surface area contributed by atoms with Crippen molar-refractivity contribution in [3.8, 4) is 17.0 Å². The molecule has 0 fully saturated rings. The predicted molar refractivity (Wildman–Crippen MR) is 99.3 cm³/mol. The average Bonchev–Trinajstić information content (AvgIpc) is 2.93. The second-order valence-corrected chi connectivity index (χ2v) is 6.12. The van der Waals surface area contributed by atoms with Crippen LogP contribution in [-0.2, 0) is 0 Å². The van der Waals surface area contributed by atoms with Crippen LogP contribution in [0.5, 0.6) is 5.75 Å². The van der Waals surface area contributed by atoms with Crippen molar-refractivity contribution in [3.05, 3.63) is 72.1 Å². The van der Waals surface area contributed by atoms with E-state index in [9.17, 15) is 5.11 Å².